The van der Waals surface area contributed by atoms with E-state index in [9.17, 15) is 4.79 Å². The Bertz CT molecular complexity index is 415. The zero-order chi connectivity index (χ0) is 13.7. The van der Waals surface area contributed by atoms with Crippen molar-refractivity contribution in [3.05, 3.63) is 18.2 Å². The molecule has 1 aliphatic rings. The van der Waals surface area contributed by atoms with Crippen LogP contribution in [0.5, 0.6) is 0 Å². The van der Waals surface area contributed by atoms with Crippen LogP contribution in [0.4, 0.5) is 0 Å². The van der Waals surface area contributed by atoms with E-state index in [1.54, 1.807) is 6.20 Å². The summed E-state index contributed by atoms with van der Waals surface area (Å²) in [6.07, 6.45) is 7.50. The minimum Gasteiger partial charge on any atom is -0.333 e. The molecule has 1 unspecified atom stereocenters. The minimum absolute atomic E-state index is 0.254. The molecule has 1 amide bonds. The summed E-state index contributed by atoms with van der Waals surface area (Å²) in [5.41, 5.74) is 5.59. The third-order valence-electron chi connectivity index (χ3n) is 4.02. The number of carbonyl (C=O) groups excluding carboxylic acids is 1. The van der Waals surface area contributed by atoms with Crippen molar-refractivity contribution < 1.29 is 4.79 Å². The van der Waals surface area contributed by atoms with Crippen molar-refractivity contribution in [3.63, 3.8) is 0 Å². The summed E-state index contributed by atoms with van der Waals surface area (Å²) >= 11 is 0. The number of hydrogen-bond acceptors (Lipinski definition) is 3. The Morgan fingerprint density at radius 3 is 3.05 bits per heavy atom. The first-order valence-electron chi connectivity index (χ1n) is 7.22. The fourth-order valence-corrected chi connectivity index (χ4v) is 2.66. The largest absolute Gasteiger partial charge is 0.333 e. The average molecular weight is 264 g/mol. The molecule has 5 heteroatoms. The van der Waals surface area contributed by atoms with Crippen molar-refractivity contribution in [2.75, 3.05) is 13.1 Å². The number of nitrogens with two attached hydrogens (primary N) is 1. The van der Waals surface area contributed by atoms with Crippen LogP contribution in [0.3, 0.4) is 0 Å². The van der Waals surface area contributed by atoms with Gasteiger partial charge in [-0.3, -0.25) is 4.79 Å². The van der Waals surface area contributed by atoms with E-state index in [1.165, 1.54) is 0 Å². The first kappa shape index (κ1) is 14.1. The number of amides is 1. The highest BCUT2D eigenvalue weighted by Crippen LogP contribution is 2.17. The highest BCUT2D eigenvalue weighted by atomic mass is 16.2. The fourth-order valence-electron chi connectivity index (χ4n) is 2.66. The Morgan fingerprint density at radius 1 is 1.47 bits per heavy atom. The second kappa shape index (κ2) is 6.70. The topological polar surface area (TPSA) is 64.2 Å². The van der Waals surface area contributed by atoms with Gasteiger partial charge >= 0.3 is 0 Å². The number of hydrogen-bond donors (Lipinski definition) is 1. The molecular formula is C14H24N4O. The zero-order valence-corrected chi connectivity index (χ0v) is 11.7. The van der Waals surface area contributed by atoms with Gasteiger partial charge in [-0.05, 0) is 25.3 Å². The van der Waals surface area contributed by atoms with Crippen molar-refractivity contribution in [1.29, 1.82) is 0 Å². The van der Waals surface area contributed by atoms with Crippen LogP contribution >= 0.6 is 0 Å². The van der Waals surface area contributed by atoms with E-state index in [4.69, 9.17) is 5.73 Å². The lowest BCUT2D eigenvalue weighted by molar-refractivity contribution is -0.133. The molecule has 0 bridgehead atoms. The monoisotopic (exact) mass is 264 g/mol. The van der Waals surface area contributed by atoms with E-state index >= 15 is 0 Å². The lowest BCUT2D eigenvalue weighted by atomic mass is 9.96. The van der Waals surface area contributed by atoms with Crippen molar-refractivity contribution in [3.8, 4) is 0 Å². The average Bonchev–Trinajstić information content (AvgIpc) is 2.90. The van der Waals surface area contributed by atoms with Gasteiger partial charge in [-0.2, -0.15) is 0 Å². The molecular weight excluding hydrogens is 240 g/mol. The van der Waals surface area contributed by atoms with Gasteiger partial charge in [-0.15, -0.1) is 0 Å². The standard InChI is InChI=1S/C14H24N4O/c1-2-12(5-6-15)3-4-14(19)18-10-9-17-8-7-16-13(17)11-18/h7-8,12H,2-6,9-11,15H2,1H3. The molecule has 5 nitrogen and oxygen atoms in total. The Morgan fingerprint density at radius 2 is 2.32 bits per heavy atom. The molecule has 0 spiro atoms. The summed E-state index contributed by atoms with van der Waals surface area (Å²) in [7, 11) is 0. The van der Waals surface area contributed by atoms with Crippen molar-refractivity contribution in [2.24, 2.45) is 11.7 Å². The summed E-state index contributed by atoms with van der Waals surface area (Å²) < 4.78 is 2.12. The summed E-state index contributed by atoms with van der Waals surface area (Å²) in [5, 5.41) is 0. The summed E-state index contributed by atoms with van der Waals surface area (Å²) in [6, 6.07) is 0. The van der Waals surface area contributed by atoms with Crippen molar-refractivity contribution in [2.45, 2.75) is 45.7 Å². The quantitative estimate of drug-likeness (QED) is 0.844. The Balaban J connectivity index is 1.81. The Labute approximate surface area is 114 Å². The third kappa shape index (κ3) is 3.56. The molecule has 0 aromatic carbocycles. The molecule has 0 saturated heterocycles. The smallest absolute Gasteiger partial charge is 0.223 e. The van der Waals surface area contributed by atoms with Crippen LogP contribution in [0.2, 0.25) is 0 Å². The molecule has 1 aromatic rings. The first-order valence-corrected chi connectivity index (χ1v) is 7.22. The van der Waals surface area contributed by atoms with Crippen LogP contribution in [0, 0.1) is 5.92 Å². The molecule has 1 aliphatic heterocycles. The van der Waals surface area contributed by atoms with E-state index in [-0.39, 0.29) is 5.91 Å². The van der Waals surface area contributed by atoms with Crippen LogP contribution in [0.1, 0.15) is 38.4 Å². The predicted octanol–water partition coefficient (Wildman–Crippen LogP) is 1.38. The Hall–Kier alpha value is -1.36. The SMILES string of the molecule is CCC(CCN)CCC(=O)N1CCn2ccnc2C1. The minimum atomic E-state index is 0.254. The number of carbonyl (C=O) groups is 1. The zero-order valence-electron chi connectivity index (χ0n) is 11.7. The molecule has 106 valence electrons. The van der Waals surface area contributed by atoms with Gasteiger partial charge in [-0.1, -0.05) is 13.3 Å². The normalized spacial score (nSPS) is 16.2. The molecule has 0 saturated carbocycles. The molecule has 19 heavy (non-hydrogen) atoms. The summed E-state index contributed by atoms with van der Waals surface area (Å²) in [6.45, 7) is 5.20. The molecule has 1 atom stereocenters. The van der Waals surface area contributed by atoms with E-state index in [1.807, 2.05) is 11.1 Å². The molecule has 2 rings (SSSR count). The van der Waals surface area contributed by atoms with Gasteiger partial charge in [0.1, 0.15) is 5.82 Å². The molecule has 0 fully saturated rings. The van der Waals surface area contributed by atoms with E-state index in [2.05, 4.69) is 16.5 Å². The van der Waals surface area contributed by atoms with Crippen LogP contribution in [0.25, 0.3) is 0 Å². The molecule has 1 aromatic heterocycles. The van der Waals surface area contributed by atoms with Gasteiger partial charge in [0, 0.05) is 31.9 Å². The second-order valence-electron chi connectivity index (χ2n) is 5.24. The number of rotatable bonds is 6. The number of imidazole rings is 1. The molecule has 0 aliphatic carbocycles. The maximum absolute atomic E-state index is 12.2. The summed E-state index contributed by atoms with van der Waals surface area (Å²) in [4.78, 5) is 18.4. The van der Waals surface area contributed by atoms with Gasteiger partial charge in [0.15, 0.2) is 0 Å². The van der Waals surface area contributed by atoms with E-state index < -0.39 is 0 Å². The predicted molar refractivity (Wildman–Crippen MR) is 74.3 cm³/mol. The number of fused-ring (bicyclic) bond motifs is 1. The van der Waals surface area contributed by atoms with Crippen molar-refractivity contribution in [1.82, 2.24) is 14.5 Å². The van der Waals surface area contributed by atoms with E-state index in [0.717, 1.165) is 38.2 Å². The summed E-state index contributed by atoms with van der Waals surface area (Å²) in [5.74, 6) is 1.83. The van der Waals surface area contributed by atoms with Crippen LogP contribution in [-0.2, 0) is 17.9 Å². The lowest BCUT2D eigenvalue weighted by Crippen LogP contribution is -2.38. The van der Waals surface area contributed by atoms with Crippen LogP contribution in [0.15, 0.2) is 12.4 Å². The highest BCUT2D eigenvalue weighted by Gasteiger charge is 2.21. The maximum Gasteiger partial charge on any atom is 0.223 e. The van der Waals surface area contributed by atoms with Gasteiger partial charge < -0.3 is 15.2 Å². The molecule has 2 N–H and O–H groups in total. The fraction of sp³-hybridized carbons (Fsp3) is 0.714. The van der Waals surface area contributed by atoms with Crippen LogP contribution < -0.4 is 5.73 Å². The van der Waals surface area contributed by atoms with Gasteiger partial charge in [0.2, 0.25) is 5.91 Å². The molecule has 0 radical (unpaired) electrons. The highest BCUT2D eigenvalue weighted by molar-refractivity contribution is 5.76. The number of aromatic nitrogens is 2. The third-order valence-corrected chi connectivity index (χ3v) is 4.02. The second-order valence-corrected chi connectivity index (χ2v) is 5.24. The van der Waals surface area contributed by atoms with E-state index in [0.29, 0.717) is 25.4 Å². The Kier molecular flexibility index (Phi) is 4.96. The lowest BCUT2D eigenvalue weighted by Gasteiger charge is -2.28. The number of nitrogens with zero attached hydrogens (tertiary/aromatic N) is 3. The molecule has 2 heterocycles. The van der Waals surface area contributed by atoms with Crippen LogP contribution in [-0.4, -0.2) is 33.4 Å². The van der Waals surface area contributed by atoms with Gasteiger partial charge in [-0.25, -0.2) is 4.98 Å². The van der Waals surface area contributed by atoms with Gasteiger partial charge in [0.25, 0.3) is 0 Å². The van der Waals surface area contributed by atoms with Crippen molar-refractivity contribution >= 4 is 5.91 Å². The maximum atomic E-state index is 12.2. The first-order chi connectivity index (χ1) is 9.24. The van der Waals surface area contributed by atoms with Gasteiger partial charge in [0.05, 0.1) is 6.54 Å².